The van der Waals surface area contributed by atoms with Crippen LogP contribution in [0, 0.1) is 0 Å². The monoisotopic (exact) mass is 588 g/mol. The lowest BCUT2D eigenvalue weighted by atomic mass is 10.0. The zero-order valence-corrected chi connectivity index (χ0v) is 24.3. The molecule has 224 valence electrons. The van der Waals surface area contributed by atoms with Gasteiger partial charge in [0.05, 0.1) is 11.3 Å². The van der Waals surface area contributed by atoms with E-state index in [4.69, 9.17) is 0 Å². The standard InChI is InChI=1S/C33H35F3N6O/c1-39(29-13-18-37-19-14-29)28-10-5-26(6-11-28)23-42(30-16-21-41(22-17-30)24-31-15-20-38-40(31)2)32(43)12-7-25-3-8-27(9-4-25)33(34,35)36/h3-15,18-20,30H,16-17,21-24H2,1-2H3. The number of likely N-dealkylation sites (tertiary alicyclic amines) is 1. The van der Waals surface area contributed by atoms with Gasteiger partial charge in [-0.2, -0.15) is 18.3 Å². The van der Waals surface area contributed by atoms with Crippen molar-refractivity contribution in [3.05, 3.63) is 114 Å². The Bertz CT molecular complexity index is 1510. The summed E-state index contributed by atoms with van der Waals surface area (Å²) >= 11 is 0. The van der Waals surface area contributed by atoms with Gasteiger partial charge < -0.3 is 9.80 Å². The van der Waals surface area contributed by atoms with E-state index in [0.717, 1.165) is 67.2 Å². The highest BCUT2D eigenvalue weighted by molar-refractivity contribution is 5.92. The molecule has 2 aromatic carbocycles. The van der Waals surface area contributed by atoms with Crippen LogP contribution in [0.2, 0.25) is 0 Å². The molecule has 0 bridgehead atoms. The summed E-state index contributed by atoms with van der Waals surface area (Å²) in [5, 5.41) is 4.26. The number of aromatic nitrogens is 3. The van der Waals surface area contributed by atoms with Crippen LogP contribution in [0.5, 0.6) is 0 Å². The number of aryl methyl sites for hydroxylation is 1. The summed E-state index contributed by atoms with van der Waals surface area (Å²) in [5.74, 6) is -0.164. The first-order chi connectivity index (χ1) is 20.7. The summed E-state index contributed by atoms with van der Waals surface area (Å²) < 4.78 is 40.8. The van der Waals surface area contributed by atoms with Gasteiger partial charge in [-0.3, -0.25) is 19.4 Å². The number of anilines is 2. The molecule has 5 rings (SSSR count). The van der Waals surface area contributed by atoms with E-state index in [1.165, 1.54) is 18.2 Å². The average molecular weight is 589 g/mol. The molecule has 10 heteroatoms. The second kappa shape index (κ2) is 13.2. The van der Waals surface area contributed by atoms with Crippen LogP contribution in [-0.2, 0) is 31.1 Å². The highest BCUT2D eigenvalue weighted by atomic mass is 19.4. The SMILES string of the molecule is CN(c1ccncc1)c1ccc(CN(C(=O)C=Cc2ccc(C(F)(F)F)cc2)C2CCN(Cc3ccnn3C)CC2)cc1. The molecule has 1 aliphatic rings. The minimum Gasteiger partial charge on any atom is -0.345 e. The summed E-state index contributed by atoms with van der Waals surface area (Å²) in [4.78, 5) is 24.0. The van der Waals surface area contributed by atoms with E-state index in [0.29, 0.717) is 12.1 Å². The smallest absolute Gasteiger partial charge is 0.345 e. The minimum atomic E-state index is -4.40. The number of pyridine rings is 1. The number of amides is 1. The quantitative estimate of drug-likeness (QED) is 0.215. The number of halogens is 3. The van der Waals surface area contributed by atoms with Gasteiger partial charge >= 0.3 is 6.18 Å². The number of carbonyl (C=O) groups is 1. The Morgan fingerprint density at radius 3 is 2.19 bits per heavy atom. The normalized spacial score (nSPS) is 14.7. The fourth-order valence-corrected chi connectivity index (χ4v) is 5.35. The van der Waals surface area contributed by atoms with E-state index in [-0.39, 0.29) is 11.9 Å². The number of benzene rings is 2. The first-order valence-corrected chi connectivity index (χ1v) is 14.3. The van der Waals surface area contributed by atoms with Crippen molar-refractivity contribution >= 4 is 23.4 Å². The second-order valence-electron chi connectivity index (χ2n) is 10.8. The molecule has 1 fully saturated rings. The van der Waals surface area contributed by atoms with Gasteiger partial charge in [0.2, 0.25) is 5.91 Å². The molecular formula is C33H35F3N6O. The number of piperidine rings is 1. The number of nitrogens with zero attached hydrogens (tertiary/aromatic N) is 6. The summed E-state index contributed by atoms with van der Waals surface area (Å²) in [6.45, 7) is 2.93. The van der Waals surface area contributed by atoms with Crippen molar-refractivity contribution in [1.29, 1.82) is 0 Å². The Morgan fingerprint density at radius 1 is 0.930 bits per heavy atom. The van der Waals surface area contributed by atoms with Crippen LogP contribution in [0.25, 0.3) is 6.08 Å². The molecular weight excluding hydrogens is 553 g/mol. The molecule has 0 aliphatic carbocycles. The van der Waals surface area contributed by atoms with E-state index >= 15 is 0 Å². The van der Waals surface area contributed by atoms with E-state index in [2.05, 4.69) is 19.9 Å². The van der Waals surface area contributed by atoms with Gasteiger partial charge in [0, 0.05) is 82.4 Å². The van der Waals surface area contributed by atoms with Gasteiger partial charge in [-0.15, -0.1) is 0 Å². The van der Waals surface area contributed by atoms with E-state index in [1.807, 2.05) is 66.1 Å². The van der Waals surface area contributed by atoms with Gasteiger partial charge in [0.15, 0.2) is 0 Å². The highest BCUT2D eigenvalue weighted by Crippen LogP contribution is 2.29. The molecule has 0 N–H and O–H groups in total. The third kappa shape index (κ3) is 7.70. The molecule has 1 aliphatic heterocycles. The molecule has 4 aromatic rings. The zero-order chi connectivity index (χ0) is 30.4. The van der Waals surface area contributed by atoms with Gasteiger partial charge in [-0.05, 0) is 72.5 Å². The number of alkyl halides is 3. The van der Waals surface area contributed by atoms with Gasteiger partial charge in [0.1, 0.15) is 0 Å². The molecule has 0 unspecified atom stereocenters. The van der Waals surface area contributed by atoms with Crippen molar-refractivity contribution < 1.29 is 18.0 Å². The summed E-state index contributed by atoms with van der Waals surface area (Å²) in [5.41, 5.74) is 4.00. The van der Waals surface area contributed by atoms with Crippen molar-refractivity contribution in [2.75, 3.05) is 25.0 Å². The molecule has 3 heterocycles. The Morgan fingerprint density at radius 2 is 1.58 bits per heavy atom. The molecule has 0 saturated carbocycles. The Labute approximate surface area is 249 Å². The fourth-order valence-electron chi connectivity index (χ4n) is 5.35. The second-order valence-corrected chi connectivity index (χ2v) is 10.8. The van der Waals surface area contributed by atoms with Crippen LogP contribution in [0.3, 0.4) is 0 Å². The lowest BCUT2D eigenvalue weighted by Crippen LogP contribution is -2.46. The maximum Gasteiger partial charge on any atom is 0.416 e. The molecule has 0 radical (unpaired) electrons. The van der Waals surface area contributed by atoms with Crippen LogP contribution >= 0.6 is 0 Å². The Balaban J connectivity index is 1.30. The van der Waals surface area contributed by atoms with Crippen molar-refractivity contribution in [3.63, 3.8) is 0 Å². The molecule has 2 aromatic heterocycles. The van der Waals surface area contributed by atoms with Crippen LogP contribution in [-0.4, -0.2) is 56.7 Å². The van der Waals surface area contributed by atoms with Crippen LogP contribution in [0.1, 0.15) is 35.2 Å². The van der Waals surface area contributed by atoms with Crippen molar-refractivity contribution in [1.82, 2.24) is 24.6 Å². The molecule has 7 nitrogen and oxygen atoms in total. The molecule has 0 atom stereocenters. The topological polar surface area (TPSA) is 57.5 Å². The number of hydrogen-bond donors (Lipinski definition) is 0. The zero-order valence-electron chi connectivity index (χ0n) is 24.3. The molecule has 43 heavy (non-hydrogen) atoms. The number of hydrogen-bond acceptors (Lipinski definition) is 5. The van der Waals surface area contributed by atoms with Crippen molar-refractivity contribution in [2.24, 2.45) is 7.05 Å². The fraction of sp³-hybridized carbons (Fsp3) is 0.303. The maximum atomic E-state index is 13.6. The molecule has 1 amide bonds. The molecule has 1 saturated heterocycles. The minimum absolute atomic E-state index is 0.0340. The van der Waals surface area contributed by atoms with Crippen LogP contribution in [0.4, 0.5) is 24.5 Å². The first kappa shape index (κ1) is 30.0. The molecule has 0 spiro atoms. The lowest BCUT2D eigenvalue weighted by molar-refractivity contribution is -0.137. The average Bonchev–Trinajstić information content (AvgIpc) is 3.43. The summed E-state index contributed by atoms with van der Waals surface area (Å²) in [6, 6.07) is 18.9. The van der Waals surface area contributed by atoms with E-state index in [1.54, 1.807) is 24.7 Å². The predicted octanol–water partition coefficient (Wildman–Crippen LogP) is 6.31. The van der Waals surface area contributed by atoms with E-state index in [9.17, 15) is 18.0 Å². The van der Waals surface area contributed by atoms with Crippen LogP contribution in [0.15, 0.2) is 91.4 Å². The summed E-state index contributed by atoms with van der Waals surface area (Å²) in [6.07, 6.45) is 5.60. The Hall–Kier alpha value is -4.44. The predicted molar refractivity (Wildman–Crippen MR) is 161 cm³/mol. The largest absolute Gasteiger partial charge is 0.416 e. The van der Waals surface area contributed by atoms with Crippen LogP contribution < -0.4 is 4.90 Å². The number of carbonyl (C=O) groups excluding carboxylic acids is 1. The van der Waals surface area contributed by atoms with E-state index < -0.39 is 11.7 Å². The van der Waals surface area contributed by atoms with Crippen molar-refractivity contribution in [3.8, 4) is 0 Å². The number of rotatable bonds is 9. The third-order valence-corrected chi connectivity index (χ3v) is 7.97. The third-order valence-electron chi connectivity index (χ3n) is 7.97. The van der Waals surface area contributed by atoms with Gasteiger partial charge in [0.25, 0.3) is 0 Å². The maximum absolute atomic E-state index is 13.6. The van der Waals surface area contributed by atoms with Gasteiger partial charge in [-0.1, -0.05) is 24.3 Å². The summed E-state index contributed by atoms with van der Waals surface area (Å²) in [7, 11) is 3.93. The lowest BCUT2D eigenvalue weighted by Gasteiger charge is -2.38. The van der Waals surface area contributed by atoms with Crippen molar-refractivity contribution in [2.45, 2.75) is 38.1 Å². The van der Waals surface area contributed by atoms with Gasteiger partial charge in [-0.25, -0.2) is 0 Å². The Kier molecular flexibility index (Phi) is 9.25. The highest BCUT2D eigenvalue weighted by Gasteiger charge is 2.30. The first-order valence-electron chi connectivity index (χ1n) is 14.3.